The first-order valence-electron chi connectivity index (χ1n) is 5.73. The van der Waals surface area contributed by atoms with E-state index in [2.05, 4.69) is 5.10 Å². The molecule has 0 fully saturated rings. The van der Waals surface area contributed by atoms with Gasteiger partial charge in [-0.05, 0) is 24.6 Å². The van der Waals surface area contributed by atoms with Gasteiger partial charge in [-0.1, -0.05) is 6.92 Å². The van der Waals surface area contributed by atoms with E-state index in [1.54, 1.807) is 23.9 Å². The SMILES string of the molecule is CCc1c(-c2ccc(OC)c(F)c2)nn(C)c1N. The molecule has 0 spiro atoms. The van der Waals surface area contributed by atoms with Crippen molar-refractivity contribution in [3.8, 4) is 17.0 Å². The van der Waals surface area contributed by atoms with Gasteiger partial charge < -0.3 is 10.5 Å². The monoisotopic (exact) mass is 249 g/mol. The summed E-state index contributed by atoms with van der Waals surface area (Å²) in [5.74, 6) is 0.436. The van der Waals surface area contributed by atoms with Crippen LogP contribution in [0.25, 0.3) is 11.3 Å². The summed E-state index contributed by atoms with van der Waals surface area (Å²) in [7, 11) is 3.21. The van der Waals surface area contributed by atoms with Crippen LogP contribution in [0.2, 0.25) is 0 Å². The Kier molecular flexibility index (Phi) is 3.23. The number of nitrogen functional groups attached to an aromatic ring is 1. The molecule has 1 aromatic heterocycles. The quantitative estimate of drug-likeness (QED) is 0.908. The van der Waals surface area contributed by atoms with Crippen molar-refractivity contribution >= 4 is 5.82 Å². The second-order valence-electron chi connectivity index (χ2n) is 4.04. The zero-order chi connectivity index (χ0) is 13.3. The number of halogens is 1. The summed E-state index contributed by atoms with van der Waals surface area (Å²) < 4.78 is 20.2. The van der Waals surface area contributed by atoms with E-state index in [1.165, 1.54) is 13.2 Å². The lowest BCUT2D eigenvalue weighted by molar-refractivity contribution is 0.386. The highest BCUT2D eigenvalue weighted by molar-refractivity contribution is 5.69. The van der Waals surface area contributed by atoms with Gasteiger partial charge >= 0.3 is 0 Å². The van der Waals surface area contributed by atoms with Gasteiger partial charge in [0.2, 0.25) is 0 Å². The van der Waals surface area contributed by atoms with Crippen LogP contribution >= 0.6 is 0 Å². The lowest BCUT2D eigenvalue weighted by atomic mass is 10.1. The Labute approximate surface area is 105 Å². The van der Waals surface area contributed by atoms with Crippen LogP contribution in [0.1, 0.15) is 12.5 Å². The molecule has 18 heavy (non-hydrogen) atoms. The molecule has 1 heterocycles. The predicted octanol–water partition coefficient (Wildman–Crippen LogP) is 2.38. The number of benzene rings is 1. The number of rotatable bonds is 3. The highest BCUT2D eigenvalue weighted by Gasteiger charge is 2.15. The van der Waals surface area contributed by atoms with E-state index in [-0.39, 0.29) is 5.75 Å². The molecule has 0 saturated carbocycles. The van der Waals surface area contributed by atoms with Gasteiger partial charge in [0.05, 0.1) is 12.8 Å². The van der Waals surface area contributed by atoms with Crippen LogP contribution in [0.5, 0.6) is 5.75 Å². The molecule has 0 amide bonds. The third kappa shape index (κ3) is 1.92. The van der Waals surface area contributed by atoms with Crippen LogP contribution in [0.3, 0.4) is 0 Å². The molecule has 4 nitrogen and oxygen atoms in total. The van der Waals surface area contributed by atoms with E-state index < -0.39 is 5.82 Å². The number of hydrogen-bond donors (Lipinski definition) is 1. The standard InChI is InChI=1S/C13H16FN3O/c1-4-9-12(16-17(2)13(9)15)8-5-6-11(18-3)10(14)7-8/h5-7H,4,15H2,1-3H3. The van der Waals surface area contributed by atoms with Crippen molar-refractivity contribution < 1.29 is 9.13 Å². The van der Waals surface area contributed by atoms with E-state index in [0.717, 1.165) is 17.7 Å². The fraction of sp³-hybridized carbons (Fsp3) is 0.308. The lowest BCUT2D eigenvalue weighted by Gasteiger charge is -2.04. The molecule has 1 aromatic carbocycles. The number of anilines is 1. The van der Waals surface area contributed by atoms with Crippen LogP contribution in [0, 0.1) is 5.82 Å². The molecular weight excluding hydrogens is 233 g/mol. The first-order chi connectivity index (χ1) is 8.58. The minimum Gasteiger partial charge on any atom is -0.494 e. The Bertz CT molecular complexity index is 578. The summed E-state index contributed by atoms with van der Waals surface area (Å²) in [4.78, 5) is 0. The average Bonchev–Trinajstić information content (AvgIpc) is 2.65. The fourth-order valence-corrected chi connectivity index (χ4v) is 1.98. The summed E-state index contributed by atoms with van der Waals surface area (Å²) in [5, 5.41) is 4.33. The maximum absolute atomic E-state index is 13.7. The predicted molar refractivity (Wildman–Crippen MR) is 68.9 cm³/mol. The molecule has 0 aliphatic rings. The fourth-order valence-electron chi connectivity index (χ4n) is 1.98. The smallest absolute Gasteiger partial charge is 0.165 e. The number of aryl methyl sites for hydroxylation is 1. The maximum Gasteiger partial charge on any atom is 0.165 e. The Balaban J connectivity index is 2.55. The molecule has 0 radical (unpaired) electrons. The number of hydrogen-bond acceptors (Lipinski definition) is 3. The van der Waals surface area contributed by atoms with Crippen LogP contribution in [-0.4, -0.2) is 16.9 Å². The maximum atomic E-state index is 13.7. The molecule has 0 atom stereocenters. The minimum atomic E-state index is -0.402. The van der Waals surface area contributed by atoms with E-state index >= 15 is 0 Å². The Morgan fingerprint density at radius 1 is 1.44 bits per heavy atom. The summed E-state index contributed by atoms with van der Waals surface area (Å²) >= 11 is 0. The van der Waals surface area contributed by atoms with Gasteiger partial charge in [-0.25, -0.2) is 4.39 Å². The van der Waals surface area contributed by atoms with E-state index in [9.17, 15) is 4.39 Å². The van der Waals surface area contributed by atoms with E-state index in [1.807, 2.05) is 6.92 Å². The van der Waals surface area contributed by atoms with Crippen LogP contribution in [-0.2, 0) is 13.5 Å². The van der Waals surface area contributed by atoms with Crippen molar-refractivity contribution in [1.82, 2.24) is 9.78 Å². The van der Waals surface area contributed by atoms with Crippen molar-refractivity contribution in [2.24, 2.45) is 7.05 Å². The normalized spacial score (nSPS) is 10.7. The number of methoxy groups -OCH3 is 1. The van der Waals surface area contributed by atoms with Crippen molar-refractivity contribution in [1.29, 1.82) is 0 Å². The van der Waals surface area contributed by atoms with Gasteiger partial charge in [0.25, 0.3) is 0 Å². The van der Waals surface area contributed by atoms with Crippen molar-refractivity contribution in [3.05, 3.63) is 29.6 Å². The summed E-state index contributed by atoms with van der Waals surface area (Å²) in [6, 6.07) is 4.79. The molecule has 2 aromatic rings. The molecule has 2 rings (SSSR count). The average molecular weight is 249 g/mol. The number of ether oxygens (including phenoxy) is 1. The second-order valence-corrected chi connectivity index (χ2v) is 4.04. The van der Waals surface area contributed by atoms with Crippen LogP contribution in [0.4, 0.5) is 10.2 Å². The number of nitrogens with two attached hydrogens (primary N) is 1. The Hall–Kier alpha value is -2.04. The molecule has 0 aliphatic heterocycles. The Morgan fingerprint density at radius 3 is 2.72 bits per heavy atom. The number of aromatic nitrogens is 2. The van der Waals surface area contributed by atoms with Gasteiger partial charge in [-0.15, -0.1) is 0 Å². The first kappa shape index (κ1) is 12.4. The third-order valence-electron chi connectivity index (χ3n) is 2.97. The van der Waals surface area contributed by atoms with E-state index in [4.69, 9.17) is 10.5 Å². The van der Waals surface area contributed by atoms with Gasteiger partial charge in [-0.2, -0.15) is 5.10 Å². The summed E-state index contributed by atoms with van der Waals surface area (Å²) in [5.41, 5.74) is 8.29. The lowest BCUT2D eigenvalue weighted by Crippen LogP contribution is -1.98. The molecule has 0 unspecified atom stereocenters. The molecule has 0 aliphatic carbocycles. The highest BCUT2D eigenvalue weighted by Crippen LogP contribution is 2.30. The molecule has 5 heteroatoms. The Morgan fingerprint density at radius 2 is 2.17 bits per heavy atom. The zero-order valence-corrected chi connectivity index (χ0v) is 10.7. The first-order valence-corrected chi connectivity index (χ1v) is 5.73. The van der Waals surface area contributed by atoms with Crippen LogP contribution < -0.4 is 10.5 Å². The van der Waals surface area contributed by atoms with Gasteiger partial charge in [0.15, 0.2) is 11.6 Å². The van der Waals surface area contributed by atoms with Crippen LogP contribution in [0.15, 0.2) is 18.2 Å². The third-order valence-corrected chi connectivity index (χ3v) is 2.97. The van der Waals surface area contributed by atoms with Gasteiger partial charge in [0, 0.05) is 18.2 Å². The van der Waals surface area contributed by atoms with Crippen molar-refractivity contribution in [2.45, 2.75) is 13.3 Å². The minimum absolute atomic E-state index is 0.223. The van der Waals surface area contributed by atoms with Gasteiger partial charge in [-0.3, -0.25) is 4.68 Å². The molecule has 2 N–H and O–H groups in total. The zero-order valence-electron chi connectivity index (χ0n) is 10.7. The molecule has 0 saturated heterocycles. The molecular formula is C13H16FN3O. The van der Waals surface area contributed by atoms with Gasteiger partial charge in [0.1, 0.15) is 5.82 Å². The summed E-state index contributed by atoms with van der Waals surface area (Å²) in [6.07, 6.45) is 0.753. The topological polar surface area (TPSA) is 53.1 Å². The molecule has 0 bridgehead atoms. The van der Waals surface area contributed by atoms with Crippen molar-refractivity contribution in [2.75, 3.05) is 12.8 Å². The number of nitrogens with zero attached hydrogens (tertiary/aromatic N) is 2. The largest absolute Gasteiger partial charge is 0.494 e. The summed E-state index contributed by atoms with van der Waals surface area (Å²) in [6.45, 7) is 2.00. The van der Waals surface area contributed by atoms with Crippen molar-refractivity contribution in [3.63, 3.8) is 0 Å². The molecule has 96 valence electrons. The highest BCUT2D eigenvalue weighted by atomic mass is 19.1. The van der Waals surface area contributed by atoms with E-state index in [0.29, 0.717) is 11.4 Å². The second kappa shape index (κ2) is 4.68.